The van der Waals surface area contributed by atoms with Gasteiger partial charge in [0.15, 0.2) is 0 Å². The van der Waals surface area contributed by atoms with Crippen LogP contribution in [0.15, 0.2) is 24.4 Å². The average molecular weight is 286 g/mol. The molecule has 1 heterocycles. The molecule has 2 aromatic rings. The van der Waals surface area contributed by atoms with Gasteiger partial charge in [0.2, 0.25) is 0 Å². The molecule has 2 rings (SSSR count). The molecule has 0 unspecified atom stereocenters. The lowest BCUT2D eigenvalue weighted by Gasteiger charge is -2.15. The lowest BCUT2D eigenvalue weighted by atomic mass is 10.0. The van der Waals surface area contributed by atoms with Crippen molar-refractivity contribution in [3.8, 4) is 5.69 Å². The van der Waals surface area contributed by atoms with Crippen LogP contribution < -0.4 is 0 Å². The van der Waals surface area contributed by atoms with Gasteiger partial charge in [0, 0.05) is 0 Å². The van der Waals surface area contributed by atoms with E-state index in [4.69, 9.17) is 0 Å². The number of para-hydroxylation sites is 1. The van der Waals surface area contributed by atoms with Gasteiger partial charge in [0.25, 0.3) is 0 Å². The highest BCUT2D eigenvalue weighted by molar-refractivity contribution is 5.88. The summed E-state index contributed by atoms with van der Waals surface area (Å²) in [5.41, 5.74) is 4.45. The summed E-state index contributed by atoms with van der Waals surface area (Å²) >= 11 is 0. The van der Waals surface area contributed by atoms with Crippen molar-refractivity contribution in [2.24, 2.45) is 0 Å². The number of unbranched alkanes of at least 4 members (excludes halogenated alkanes) is 1. The van der Waals surface area contributed by atoms with Crippen LogP contribution in [-0.4, -0.2) is 20.9 Å². The molecule has 1 N–H and O–H groups in total. The van der Waals surface area contributed by atoms with Crippen molar-refractivity contribution in [2.45, 2.75) is 46.5 Å². The second-order valence-corrected chi connectivity index (χ2v) is 5.26. The third kappa shape index (κ3) is 2.99. The monoisotopic (exact) mass is 286 g/mol. The first-order valence-corrected chi connectivity index (χ1v) is 7.49. The van der Waals surface area contributed by atoms with Crippen molar-refractivity contribution in [3.05, 3.63) is 46.8 Å². The minimum absolute atomic E-state index is 0.314. The van der Waals surface area contributed by atoms with Crippen LogP contribution in [-0.2, 0) is 12.8 Å². The maximum Gasteiger partial charge on any atom is 0.339 e. The number of carboxylic acid groups (broad SMARTS) is 1. The summed E-state index contributed by atoms with van der Waals surface area (Å²) in [6.45, 7) is 6.25. The molecule has 0 spiro atoms. The van der Waals surface area contributed by atoms with E-state index in [-0.39, 0.29) is 0 Å². The fraction of sp³-hybridized carbons (Fsp3) is 0.412. The Morgan fingerprint density at radius 1 is 1.33 bits per heavy atom. The minimum Gasteiger partial charge on any atom is -0.478 e. The average Bonchev–Trinajstić information content (AvgIpc) is 2.88. The van der Waals surface area contributed by atoms with E-state index in [1.807, 2.05) is 23.7 Å². The summed E-state index contributed by atoms with van der Waals surface area (Å²) in [6, 6.07) is 6.15. The standard InChI is InChI=1S/C17H22N2O2/c1-4-6-10-15-14(17(20)21)11-18-19(15)16-12(3)8-7-9-13(16)5-2/h7-9,11H,4-6,10H2,1-3H3,(H,20,21). The van der Waals surface area contributed by atoms with E-state index in [2.05, 4.69) is 25.0 Å². The highest BCUT2D eigenvalue weighted by Gasteiger charge is 2.19. The van der Waals surface area contributed by atoms with Crippen LogP contribution >= 0.6 is 0 Å². The first kappa shape index (κ1) is 15.3. The van der Waals surface area contributed by atoms with Gasteiger partial charge in [-0.3, -0.25) is 0 Å². The molecule has 1 aromatic carbocycles. The smallest absolute Gasteiger partial charge is 0.339 e. The summed E-state index contributed by atoms with van der Waals surface area (Å²) in [6.07, 6.45) is 5.08. The van der Waals surface area contributed by atoms with E-state index >= 15 is 0 Å². The highest BCUT2D eigenvalue weighted by atomic mass is 16.4. The molecule has 4 nitrogen and oxygen atoms in total. The van der Waals surface area contributed by atoms with Gasteiger partial charge in [-0.1, -0.05) is 38.5 Å². The Kier molecular flexibility index (Phi) is 4.78. The quantitative estimate of drug-likeness (QED) is 0.879. The van der Waals surface area contributed by atoms with E-state index in [1.54, 1.807) is 0 Å². The molecule has 0 radical (unpaired) electrons. The third-order valence-electron chi connectivity index (χ3n) is 3.78. The van der Waals surface area contributed by atoms with Crippen LogP contribution in [0.25, 0.3) is 5.69 Å². The summed E-state index contributed by atoms with van der Waals surface area (Å²) < 4.78 is 1.83. The second kappa shape index (κ2) is 6.57. The van der Waals surface area contributed by atoms with E-state index in [0.717, 1.165) is 42.6 Å². The summed E-state index contributed by atoms with van der Waals surface area (Å²) in [4.78, 5) is 11.4. The molecule has 0 aliphatic rings. The molecule has 0 saturated carbocycles. The number of aryl methyl sites for hydroxylation is 2. The zero-order valence-electron chi connectivity index (χ0n) is 12.9. The molecule has 0 fully saturated rings. The van der Waals surface area contributed by atoms with Gasteiger partial charge in [0.05, 0.1) is 17.6 Å². The summed E-state index contributed by atoms with van der Waals surface area (Å²) in [7, 11) is 0. The molecule has 0 atom stereocenters. The number of hydrogen-bond acceptors (Lipinski definition) is 2. The maximum absolute atomic E-state index is 11.4. The van der Waals surface area contributed by atoms with E-state index in [0.29, 0.717) is 5.56 Å². The number of aromatic nitrogens is 2. The van der Waals surface area contributed by atoms with Crippen LogP contribution in [0.4, 0.5) is 0 Å². The Labute approximate surface area is 125 Å². The Hall–Kier alpha value is -2.10. The van der Waals surface area contributed by atoms with Crippen LogP contribution in [0.2, 0.25) is 0 Å². The summed E-state index contributed by atoms with van der Waals surface area (Å²) in [5.74, 6) is -0.904. The Balaban J connectivity index is 2.61. The van der Waals surface area contributed by atoms with Gasteiger partial charge in [-0.2, -0.15) is 5.10 Å². The van der Waals surface area contributed by atoms with Gasteiger partial charge in [0.1, 0.15) is 5.56 Å². The topological polar surface area (TPSA) is 55.1 Å². The van der Waals surface area contributed by atoms with Gasteiger partial charge in [-0.15, -0.1) is 0 Å². The molecule has 0 saturated heterocycles. The Morgan fingerprint density at radius 2 is 2.10 bits per heavy atom. The SMILES string of the molecule is CCCCc1c(C(=O)O)cnn1-c1c(C)cccc1CC. The minimum atomic E-state index is -0.904. The third-order valence-corrected chi connectivity index (χ3v) is 3.78. The molecular weight excluding hydrogens is 264 g/mol. The Bertz CT molecular complexity index is 644. The van der Waals surface area contributed by atoms with E-state index < -0.39 is 5.97 Å². The van der Waals surface area contributed by atoms with Crippen molar-refractivity contribution in [3.63, 3.8) is 0 Å². The predicted octanol–water partition coefficient (Wildman–Crippen LogP) is 3.78. The van der Waals surface area contributed by atoms with Gasteiger partial charge >= 0.3 is 5.97 Å². The lowest BCUT2D eigenvalue weighted by Crippen LogP contribution is -2.10. The zero-order chi connectivity index (χ0) is 15.4. The number of carboxylic acids is 1. The lowest BCUT2D eigenvalue weighted by molar-refractivity contribution is 0.0695. The molecular formula is C17H22N2O2. The van der Waals surface area contributed by atoms with Crippen LogP contribution in [0.1, 0.15) is 53.9 Å². The number of hydrogen-bond donors (Lipinski definition) is 1. The van der Waals surface area contributed by atoms with Crippen molar-refractivity contribution in [1.29, 1.82) is 0 Å². The first-order chi connectivity index (χ1) is 10.1. The van der Waals surface area contributed by atoms with Gasteiger partial charge in [-0.25, -0.2) is 9.48 Å². The molecule has 21 heavy (non-hydrogen) atoms. The van der Waals surface area contributed by atoms with Gasteiger partial charge < -0.3 is 5.11 Å². The molecule has 1 aromatic heterocycles. The number of rotatable bonds is 6. The zero-order valence-corrected chi connectivity index (χ0v) is 12.9. The fourth-order valence-corrected chi connectivity index (χ4v) is 2.64. The number of nitrogens with zero attached hydrogens (tertiary/aromatic N) is 2. The number of benzene rings is 1. The van der Waals surface area contributed by atoms with Crippen molar-refractivity contribution < 1.29 is 9.90 Å². The fourth-order valence-electron chi connectivity index (χ4n) is 2.64. The van der Waals surface area contributed by atoms with Gasteiger partial charge in [-0.05, 0) is 37.3 Å². The molecule has 0 amide bonds. The molecule has 0 aliphatic carbocycles. The normalized spacial score (nSPS) is 10.8. The van der Waals surface area contributed by atoms with Crippen molar-refractivity contribution >= 4 is 5.97 Å². The van der Waals surface area contributed by atoms with Crippen LogP contribution in [0.3, 0.4) is 0 Å². The molecule has 4 heteroatoms. The molecule has 0 aliphatic heterocycles. The maximum atomic E-state index is 11.4. The number of aromatic carboxylic acids is 1. The predicted molar refractivity (Wildman–Crippen MR) is 83.3 cm³/mol. The Morgan fingerprint density at radius 3 is 2.71 bits per heavy atom. The van der Waals surface area contributed by atoms with Crippen molar-refractivity contribution in [1.82, 2.24) is 9.78 Å². The van der Waals surface area contributed by atoms with E-state index in [1.165, 1.54) is 11.8 Å². The van der Waals surface area contributed by atoms with E-state index in [9.17, 15) is 9.90 Å². The van der Waals surface area contributed by atoms with Crippen molar-refractivity contribution in [2.75, 3.05) is 0 Å². The van der Waals surface area contributed by atoms with Crippen LogP contribution in [0.5, 0.6) is 0 Å². The molecule has 112 valence electrons. The molecule has 0 bridgehead atoms. The largest absolute Gasteiger partial charge is 0.478 e. The summed E-state index contributed by atoms with van der Waals surface area (Å²) in [5, 5.41) is 13.7. The van der Waals surface area contributed by atoms with Crippen LogP contribution in [0, 0.1) is 6.92 Å². The second-order valence-electron chi connectivity index (χ2n) is 5.26. The first-order valence-electron chi connectivity index (χ1n) is 7.49. The number of carbonyl (C=O) groups is 1. The highest BCUT2D eigenvalue weighted by Crippen LogP contribution is 2.24.